The van der Waals surface area contributed by atoms with Crippen LogP contribution in [0.5, 0.6) is 5.75 Å². The van der Waals surface area contributed by atoms with Crippen molar-refractivity contribution >= 4 is 29.0 Å². The number of hydrogen-bond acceptors (Lipinski definition) is 4. The first-order valence-electron chi connectivity index (χ1n) is 10.9. The second kappa shape index (κ2) is 10.2. The van der Waals surface area contributed by atoms with Crippen LogP contribution in [0.25, 0.3) is 0 Å². The lowest BCUT2D eigenvalue weighted by Gasteiger charge is -2.22. The van der Waals surface area contributed by atoms with E-state index in [4.69, 9.17) is 4.74 Å². The molecule has 0 aromatic heterocycles. The van der Waals surface area contributed by atoms with Crippen LogP contribution in [0.1, 0.15) is 32.8 Å². The van der Waals surface area contributed by atoms with E-state index in [0.717, 1.165) is 41.5 Å². The monoisotopic (exact) mass is 424 g/mol. The number of ether oxygens (including phenoxy) is 1. The van der Waals surface area contributed by atoms with Crippen LogP contribution >= 0.6 is 0 Å². The van der Waals surface area contributed by atoms with Crippen LogP contribution in [-0.2, 0) is 4.79 Å². The number of rotatable bonds is 8. The van der Waals surface area contributed by atoms with Crippen molar-refractivity contribution in [3.63, 3.8) is 0 Å². The summed E-state index contributed by atoms with van der Waals surface area (Å²) in [6.45, 7) is 11.1. The fourth-order valence-corrected chi connectivity index (χ4v) is 3.86. The summed E-state index contributed by atoms with van der Waals surface area (Å²) in [5.74, 6) is 0.767. The van der Waals surface area contributed by atoms with Gasteiger partial charge in [-0.3, -0.25) is 4.79 Å². The van der Waals surface area contributed by atoms with Crippen LogP contribution < -0.4 is 25.2 Å². The van der Waals surface area contributed by atoms with E-state index in [0.29, 0.717) is 13.2 Å². The lowest BCUT2D eigenvalue weighted by molar-refractivity contribution is -0.117. The Balaban J connectivity index is 1.58. The number of aryl methyl sites for hydroxylation is 1. The van der Waals surface area contributed by atoms with Crippen LogP contribution in [0.4, 0.5) is 21.9 Å². The van der Waals surface area contributed by atoms with Gasteiger partial charge in [0.15, 0.2) is 0 Å². The maximum absolute atomic E-state index is 12.5. The van der Waals surface area contributed by atoms with Crippen molar-refractivity contribution in [3.8, 4) is 5.75 Å². The molecule has 0 saturated carbocycles. The van der Waals surface area contributed by atoms with Crippen molar-refractivity contribution < 1.29 is 14.3 Å². The molecule has 1 aliphatic heterocycles. The Morgan fingerprint density at radius 2 is 1.84 bits per heavy atom. The Morgan fingerprint density at radius 3 is 2.45 bits per heavy atom. The Hall–Kier alpha value is -3.22. The van der Waals surface area contributed by atoms with Crippen molar-refractivity contribution in [2.24, 2.45) is 0 Å². The third-order valence-electron chi connectivity index (χ3n) is 5.51. The Bertz CT molecular complexity index is 910. The number of hydrogen-bond donors (Lipinski definition) is 2. The predicted molar refractivity (Wildman–Crippen MR) is 125 cm³/mol. The summed E-state index contributed by atoms with van der Waals surface area (Å²) in [6, 6.07) is 12.9. The molecular weight excluding hydrogens is 392 g/mol. The topological polar surface area (TPSA) is 73.9 Å². The molecule has 0 radical (unpaired) electrons. The normalized spacial score (nSPS) is 15.7. The van der Waals surface area contributed by atoms with Crippen molar-refractivity contribution in [1.82, 2.24) is 5.32 Å². The van der Waals surface area contributed by atoms with Gasteiger partial charge in [0.1, 0.15) is 5.75 Å². The average molecular weight is 425 g/mol. The van der Waals surface area contributed by atoms with Gasteiger partial charge in [-0.05, 0) is 75.7 Å². The highest BCUT2D eigenvalue weighted by Crippen LogP contribution is 2.25. The number of amides is 3. The molecule has 1 saturated heterocycles. The lowest BCUT2D eigenvalue weighted by atomic mass is 10.1. The minimum atomic E-state index is -0.301. The molecule has 3 rings (SSSR count). The molecule has 2 N–H and O–H groups in total. The van der Waals surface area contributed by atoms with E-state index in [1.54, 1.807) is 4.90 Å². The van der Waals surface area contributed by atoms with Gasteiger partial charge in [-0.2, -0.15) is 0 Å². The first kappa shape index (κ1) is 22.5. The Kier molecular flexibility index (Phi) is 7.39. The van der Waals surface area contributed by atoms with Gasteiger partial charge in [0.2, 0.25) is 5.91 Å². The van der Waals surface area contributed by atoms with E-state index < -0.39 is 0 Å². The summed E-state index contributed by atoms with van der Waals surface area (Å²) in [6.07, 6.45) is 0.278. The van der Waals surface area contributed by atoms with Gasteiger partial charge in [0.05, 0.1) is 12.6 Å². The van der Waals surface area contributed by atoms with Gasteiger partial charge in [0.25, 0.3) is 0 Å². The smallest absolute Gasteiger partial charge is 0.319 e. The highest BCUT2D eigenvalue weighted by molar-refractivity contribution is 5.97. The van der Waals surface area contributed by atoms with E-state index in [1.807, 2.05) is 50.2 Å². The number of nitrogens with zero attached hydrogens (tertiary/aromatic N) is 2. The summed E-state index contributed by atoms with van der Waals surface area (Å²) in [5, 5.41) is 5.84. The molecule has 0 bridgehead atoms. The van der Waals surface area contributed by atoms with Crippen LogP contribution in [0.2, 0.25) is 0 Å². The number of carbonyl (C=O) groups excluding carboxylic acids is 2. The van der Waals surface area contributed by atoms with Crippen molar-refractivity contribution in [1.29, 1.82) is 0 Å². The maximum atomic E-state index is 12.5. The minimum absolute atomic E-state index is 0.00536. The third kappa shape index (κ3) is 5.48. The molecule has 0 unspecified atom stereocenters. The number of benzene rings is 2. The van der Waals surface area contributed by atoms with E-state index in [9.17, 15) is 9.59 Å². The predicted octanol–water partition coefficient (Wildman–Crippen LogP) is 4.17. The Morgan fingerprint density at radius 1 is 1.13 bits per heavy atom. The Labute approximate surface area is 184 Å². The molecule has 0 spiro atoms. The van der Waals surface area contributed by atoms with Gasteiger partial charge in [0, 0.05) is 43.1 Å². The molecule has 0 aliphatic carbocycles. The highest BCUT2D eigenvalue weighted by Gasteiger charge is 2.31. The molecule has 1 heterocycles. The first-order valence-corrected chi connectivity index (χ1v) is 10.9. The first-order chi connectivity index (χ1) is 14.9. The molecule has 7 heteroatoms. The zero-order chi connectivity index (χ0) is 22.4. The quantitative estimate of drug-likeness (QED) is 0.667. The fourth-order valence-electron chi connectivity index (χ4n) is 3.86. The van der Waals surface area contributed by atoms with Crippen LogP contribution in [-0.4, -0.2) is 44.2 Å². The molecule has 1 aliphatic rings. The fraction of sp³-hybridized carbons (Fsp3) is 0.417. The van der Waals surface area contributed by atoms with Crippen molar-refractivity contribution in [2.45, 2.75) is 40.2 Å². The van der Waals surface area contributed by atoms with E-state index in [-0.39, 0.29) is 24.4 Å². The largest absolute Gasteiger partial charge is 0.494 e. The van der Waals surface area contributed by atoms with Gasteiger partial charge >= 0.3 is 6.03 Å². The second-order valence-corrected chi connectivity index (χ2v) is 7.60. The summed E-state index contributed by atoms with van der Waals surface area (Å²) in [5.41, 5.74) is 3.71. The molecular formula is C24H32N4O3. The second-order valence-electron chi connectivity index (χ2n) is 7.60. The van der Waals surface area contributed by atoms with E-state index >= 15 is 0 Å². The number of nitrogens with one attached hydrogen (secondary N) is 2. The molecule has 1 fully saturated rings. The van der Waals surface area contributed by atoms with Gasteiger partial charge < -0.3 is 25.2 Å². The molecule has 166 valence electrons. The van der Waals surface area contributed by atoms with Crippen LogP contribution in [0.3, 0.4) is 0 Å². The van der Waals surface area contributed by atoms with Crippen molar-refractivity contribution in [3.05, 3.63) is 48.0 Å². The molecule has 2 aromatic carbocycles. The van der Waals surface area contributed by atoms with Crippen LogP contribution in [0, 0.1) is 6.92 Å². The number of carbonyl (C=O) groups is 2. The summed E-state index contributed by atoms with van der Waals surface area (Å²) >= 11 is 0. The number of anilines is 3. The minimum Gasteiger partial charge on any atom is -0.494 e. The van der Waals surface area contributed by atoms with E-state index in [2.05, 4.69) is 35.4 Å². The highest BCUT2D eigenvalue weighted by atomic mass is 16.5. The lowest BCUT2D eigenvalue weighted by Crippen LogP contribution is -2.39. The molecule has 7 nitrogen and oxygen atoms in total. The van der Waals surface area contributed by atoms with Gasteiger partial charge in [-0.15, -0.1) is 0 Å². The van der Waals surface area contributed by atoms with Crippen molar-refractivity contribution in [2.75, 3.05) is 41.4 Å². The molecule has 31 heavy (non-hydrogen) atoms. The SMILES string of the molecule is CCOc1ccc(N2C[C@@H](NC(=O)Nc3ccc(N(CC)CC)cc3C)CC2=O)cc1. The van der Waals surface area contributed by atoms with Crippen LogP contribution in [0.15, 0.2) is 42.5 Å². The zero-order valence-corrected chi connectivity index (χ0v) is 18.8. The summed E-state index contributed by atoms with van der Waals surface area (Å²) in [7, 11) is 0. The molecule has 2 aromatic rings. The van der Waals surface area contributed by atoms with E-state index in [1.165, 1.54) is 0 Å². The average Bonchev–Trinajstić information content (AvgIpc) is 3.11. The van der Waals surface area contributed by atoms with Gasteiger partial charge in [-0.1, -0.05) is 0 Å². The summed E-state index contributed by atoms with van der Waals surface area (Å²) < 4.78 is 5.45. The zero-order valence-electron chi connectivity index (χ0n) is 18.8. The van der Waals surface area contributed by atoms with Gasteiger partial charge in [-0.25, -0.2) is 4.79 Å². The standard InChI is InChI=1S/C24H32N4O3/c1-5-27(6-2)20-10-13-22(17(4)14-20)26-24(30)25-18-15-23(29)28(16-18)19-8-11-21(12-9-19)31-7-3/h8-14,18H,5-7,15-16H2,1-4H3,(H2,25,26,30)/t18-/m0/s1. The number of urea groups is 1. The molecule has 1 atom stereocenters. The molecule has 3 amide bonds. The maximum Gasteiger partial charge on any atom is 0.319 e. The summed E-state index contributed by atoms with van der Waals surface area (Å²) in [4.78, 5) is 29.0. The third-order valence-corrected chi connectivity index (χ3v) is 5.51.